The van der Waals surface area contributed by atoms with Crippen molar-refractivity contribution in [1.29, 1.82) is 0 Å². The lowest BCUT2D eigenvalue weighted by molar-refractivity contribution is 0.149. The Morgan fingerprint density at radius 3 is 2.73 bits per heavy atom. The molecule has 0 aliphatic heterocycles. The number of aliphatic hydroxyl groups is 1. The van der Waals surface area contributed by atoms with Crippen molar-refractivity contribution in [2.45, 2.75) is 24.9 Å². The highest BCUT2D eigenvalue weighted by molar-refractivity contribution is 6.32. The number of methoxy groups -OCH3 is 1. The van der Waals surface area contributed by atoms with Crippen LogP contribution in [0.5, 0.6) is 5.75 Å². The third-order valence-electron chi connectivity index (χ3n) is 2.67. The molecule has 1 saturated carbocycles. The Hall–Kier alpha value is -0.800. The molecule has 0 amide bonds. The molecular formula is C11H12ClFO2. The largest absolute Gasteiger partial charge is 0.495 e. The van der Waals surface area contributed by atoms with E-state index in [1.807, 2.05) is 0 Å². The minimum absolute atomic E-state index is 0.320. The molecule has 1 aliphatic rings. The third kappa shape index (κ3) is 2.24. The van der Waals surface area contributed by atoms with Crippen molar-refractivity contribution in [3.05, 3.63) is 28.5 Å². The van der Waals surface area contributed by atoms with Gasteiger partial charge in [0, 0.05) is 12.5 Å². The fourth-order valence-corrected chi connectivity index (χ4v) is 1.80. The normalized spacial score (nSPS) is 17.6. The van der Waals surface area contributed by atoms with Crippen molar-refractivity contribution < 1.29 is 14.2 Å². The van der Waals surface area contributed by atoms with E-state index >= 15 is 0 Å². The number of benzene rings is 1. The number of halogens is 2. The topological polar surface area (TPSA) is 29.5 Å². The van der Waals surface area contributed by atoms with Gasteiger partial charge >= 0.3 is 0 Å². The monoisotopic (exact) mass is 230 g/mol. The second-order valence-electron chi connectivity index (χ2n) is 3.98. The third-order valence-corrected chi connectivity index (χ3v) is 2.96. The smallest absolute Gasteiger partial charge is 0.140 e. The molecule has 2 rings (SSSR count). The maximum absolute atomic E-state index is 13.5. The van der Waals surface area contributed by atoms with E-state index < -0.39 is 5.60 Å². The number of ether oxygens (including phenoxy) is 1. The standard InChI is InChI=1S/C11H12ClFO2/c1-15-10-5-9(13)7(4-8(10)12)6-11(14)2-3-11/h4-5,14H,2-3,6H2,1H3. The van der Waals surface area contributed by atoms with Gasteiger partial charge in [0.05, 0.1) is 17.7 Å². The lowest BCUT2D eigenvalue weighted by Gasteiger charge is -2.11. The maximum atomic E-state index is 13.5. The summed E-state index contributed by atoms with van der Waals surface area (Å²) in [6.45, 7) is 0. The Kier molecular flexibility index (Phi) is 2.61. The highest BCUT2D eigenvalue weighted by atomic mass is 35.5. The van der Waals surface area contributed by atoms with E-state index in [0.29, 0.717) is 22.8 Å². The molecule has 0 aromatic heterocycles. The first-order valence-corrected chi connectivity index (χ1v) is 5.16. The van der Waals surface area contributed by atoms with Crippen molar-refractivity contribution in [2.24, 2.45) is 0 Å². The summed E-state index contributed by atoms with van der Waals surface area (Å²) in [5.74, 6) is -0.0581. The van der Waals surface area contributed by atoms with Crippen molar-refractivity contribution in [1.82, 2.24) is 0 Å². The van der Waals surface area contributed by atoms with Crippen molar-refractivity contribution in [3.63, 3.8) is 0 Å². The fourth-order valence-electron chi connectivity index (χ4n) is 1.54. The van der Waals surface area contributed by atoms with Crippen molar-refractivity contribution >= 4 is 11.6 Å². The second-order valence-corrected chi connectivity index (χ2v) is 4.39. The molecule has 1 fully saturated rings. The molecule has 1 aromatic carbocycles. The van der Waals surface area contributed by atoms with Crippen LogP contribution in [0.1, 0.15) is 18.4 Å². The summed E-state index contributed by atoms with van der Waals surface area (Å²) >= 11 is 5.88. The molecule has 0 radical (unpaired) electrons. The molecule has 4 heteroatoms. The van der Waals surface area contributed by atoms with E-state index in [1.165, 1.54) is 19.2 Å². The summed E-state index contributed by atoms with van der Waals surface area (Å²) in [6, 6.07) is 2.77. The summed E-state index contributed by atoms with van der Waals surface area (Å²) in [5.41, 5.74) is -0.264. The van der Waals surface area contributed by atoms with Gasteiger partial charge in [-0.2, -0.15) is 0 Å². The molecule has 0 atom stereocenters. The maximum Gasteiger partial charge on any atom is 0.140 e. The number of hydrogen-bond acceptors (Lipinski definition) is 2. The Morgan fingerprint density at radius 2 is 2.20 bits per heavy atom. The lowest BCUT2D eigenvalue weighted by atomic mass is 10.1. The van der Waals surface area contributed by atoms with E-state index in [-0.39, 0.29) is 5.82 Å². The SMILES string of the molecule is COc1cc(F)c(CC2(O)CC2)cc1Cl. The van der Waals surface area contributed by atoms with Crippen LogP contribution in [0.2, 0.25) is 5.02 Å². The second kappa shape index (κ2) is 3.65. The molecule has 15 heavy (non-hydrogen) atoms. The fraction of sp³-hybridized carbons (Fsp3) is 0.455. The Balaban J connectivity index is 2.28. The van der Waals surface area contributed by atoms with Crippen LogP contribution in [-0.4, -0.2) is 17.8 Å². The predicted molar refractivity (Wildman–Crippen MR) is 55.8 cm³/mol. The lowest BCUT2D eigenvalue weighted by Crippen LogP contribution is -2.12. The van der Waals surface area contributed by atoms with Gasteiger partial charge in [-0.05, 0) is 24.5 Å². The molecule has 1 N–H and O–H groups in total. The zero-order chi connectivity index (χ0) is 11.1. The zero-order valence-electron chi connectivity index (χ0n) is 8.39. The number of hydrogen-bond donors (Lipinski definition) is 1. The van der Waals surface area contributed by atoms with E-state index in [9.17, 15) is 9.50 Å². The molecule has 2 nitrogen and oxygen atoms in total. The summed E-state index contributed by atoms with van der Waals surface area (Å²) in [6.07, 6.45) is 1.79. The van der Waals surface area contributed by atoms with E-state index in [1.54, 1.807) is 0 Å². The van der Waals surface area contributed by atoms with E-state index in [0.717, 1.165) is 12.8 Å². The summed E-state index contributed by atoms with van der Waals surface area (Å²) in [4.78, 5) is 0. The van der Waals surface area contributed by atoms with Crippen LogP contribution in [0.15, 0.2) is 12.1 Å². The first kappa shape index (κ1) is 10.7. The quantitative estimate of drug-likeness (QED) is 0.865. The Bertz CT molecular complexity index is 388. The van der Waals surface area contributed by atoms with Crippen molar-refractivity contribution in [2.75, 3.05) is 7.11 Å². The summed E-state index contributed by atoms with van der Waals surface area (Å²) in [5, 5.41) is 10.1. The average Bonchev–Trinajstić information content (AvgIpc) is 2.89. The van der Waals surface area contributed by atoms with Gasteiger partial charge in [0.1, 0.15) is 11.6 Å². The molecule has 0 heterocycles. The van der Waals surface area contributed by atoms with Crippen molar-refractivity contribution in [3.8, 4) is 5.75 Å². The van der Waals surface area contributed by atoms with Crippen LogP contribution in [-0.2, 0) is 6.42 Å². The van der Waals surface area contributed by atoms with Gasteiger partial charge in [-0.3, -0.25) is 0 Å². The van der Waals surface area contributed by atoms with Crippen LogP contribution in [0.4, 0.5) is 4.39 Å². The van der Waals surface area contributed by atoms with Crippen LogP contribution >= 0.6 is 11.6 Å². The molecule has 82 valence electrons. The summed E-state index contributed by atoms with van der Waals surface area (Å²) < 4.78 is 18.4. The van der Waals surface area contributed by atoms with Gasteiger partial charge < -0.3 is 9.84 Å². The Morgan fingerprint density at radius 1 is 1.53 bits per heavy atom. The zero-order valence-corrected chi connectivity index (χ0v) is 9.14. The van der Waals surface area contributed by atoms with Crippen LogP contribution < -0.4 is 4.74 Å². The molecule has 0 unspecified atom stereocenters. The minimum Gasteiger partial charge on any atom is -0.495 e. The van der Waals surface area contributed by atoms with Gasteiger partial charge in [-0.1, -0.05) is 11.6 Å². The summed E-state index contributed by atoms with van der Waals surface area (Å²) in [7, 11) is 1.44. The molecule has 0 saturated heterocycles. The van der Waals surface area contributed by atoms with Gasteiger partial charge in [-0.25, -0.2) is 4.39 Å². The molecular weight excluding hydrogens is 219 g/mol. The molecule has 0 spiro atoms. The highest BCUT2D eigenvalue weighted by Gasteiger charge is 2.40. The van der Waals surface area contributed by atoms with Gasteiger partial charge in [0.15, 0.2) is 0 Å². The van der Waals surface area contributed by atoms with Crippen LogP contribution in [0, 0.1) is 5.82 Å². The predicted octanol–water partition coefficient (Wildman–Crippen LogP) is 2.56. The highest BCUT2D eigenvalue weighted by Crippen LogP contribution is 2.40. The first-order chi connectivity index (χ1) is 7.04. The van der Waals surface area contributed by atoms with Gasteiger partial charge in [-0.15, -0.1) is 0 Å². The number of rotatable bonds is 3. The molecule has 0 bridgehead atoms. The Labute approximate surface area is 92.6 Å². The molecule has 1 aliphatic carbocycles. The van der Waals surface area contributed by atoms with E-state index in [2.05, 4.69) is 0 Å². The first-order valence-electron chi connectivity index (χ1n) is 4.78. The van der Waals surface area contributed by atoms with E-state index in [4.69, 9.17) is 16.3 Å². The molecule has 1 aromatic rings. The van der Waals surface area contributed by atoms with Gasteiger partial charge in [0.25, 0.3) is 0 Å². The average molecular weight is 231 g/mol. The van der Waals surface area contributed by atoms with Gasteiger partial charge in [0.2, 0.25) is 0 Å². The van der Waals surface area contributed by atoms with Crippen LogP contribution in [0.3, 0.4) is 0 Å². The van der Waals surface area contributed by atoms with Crippen LogP contribution in [0.25, 0.3) is 0 Å². The minimum atomic E-state index is -0.710.